The molecule has 0 bridgehead atoms. The third-order valence-electron chi connectivity index (χ3n) is 3.39. The van der Waals surface area contributed by atoms with E-state index in [1.165, 1.54) is 0 Å². The van der Waals surface area contributed by atoms with E-state index in [0.717, 1.165) is 22.5 Å². The van der Waals surface area contributed by atoms with Crippen molar-refractivity contribution < 1.29 is 9.53 Å². The van der Waals surface area contributed by atoms with Gasteiger partial charge in [-0.05, 0) is 55.3 Å². The Morgan fingerprint density at radius 1 is 1.10 bits per heavy atom. The van der Waals surface area contributed by atoms with Crippen LogP contribution in [0, 0.1) is 13.8 Å². The number of hydrogen-bond donors (Lipinski definition) is 2. The maximum Gasteiger partial charge on any atom is 0.262 e. The fourth-order valence-corrected chi connectivity index (χ4v) is 1.94. The van der Waals surface area contributed by atoms with Crippen molar-refractivity contribution >= 4 is 17.3 Å². The van der Waals surface area contributed by atoms with Crippen molar-refractivity contribution in [2.24, 2.45) is 0 Å². The van der Waals surface area contributed by atoms with Gasteiger partial charge in [-0.15, -0.1) is 0 Å². The number of anilines is 2. The van der Waals surface area contributed by atoms with Gasteiger partial charge in [0.1, 0.15) is 5.75 Å². The number of rotatable bonds is 5. The minimum atomic E-state index is -0.165. The zero-order valence-electron chi connectivity index (χ0n) is 12.6. The average molecular weight is 284 g/mol. The molecule has 0 saturated carbocycles. The molecule has 0 atom stereocenters. The van der Waals surface area contributed by atoms with Crippen LogP contribution >= 0.6 is 0 Å². The summed E-state index contributed by atoms with van der Waals surface area (Å²) in [6.07, 6.45) is 0. The van der Waals surface area contributed by atoms with E-state index in [0.29, 0.717) is 5.75 Å². The highest BCUT2D eigenvalue weighted by molar-refractivity contribution is 5.92. The highest BCUT2D eigenvalue weighted by Gasteiger charge is 2.06. The molecule has 0 aromatic heterocycles. The molecule has 4 heteroatoms. The van der Waals surface area contributed by atoms with E-state index in [1.807, 2.05) is 63.4 Å². The van der Waals surface area contributed by atoms with E-state index in [2.05, 4.69) is 10.6 Å². The SMILES string of the molecule is CNc1ccc(OCC(=O)Nc2cccc(C)c2C)cc1. The molecule has 0 aliphatic heterocycles. The molecule has 0 unspecified atom stereocenters. The first-order valence-electron chi connectivity index (χ1n) is 6.87. The van der Waals surface area contributed by atoms with E-state index in [4.69, 9.17) is 4.74 Å². The van der Waals surface area contributed by atoms with E-state index < -0.39 is 0 Å². The van der Waals surface area contributed by atoms with Crippen LogP contribution in [0.25, 0.3) is 0 Å². The summed E-state index contributed by atoms with van der Waals surface area (Å²) in [4.78, 5) is 11.9. The number of carbonyl (C=O) groups excluding carboxylic acids is 1. The number of amides is 1. The van der Waals surface area contributed by atoms with Crippen molar-refractivity contribution in [3.05, 3.63) is 53.6 Å². The molecule has 4 nitrogen and oxygen atoms in total. The Bertz CT molecular complexity index is 621. The van der Waals surface area contributed by atoms with Crippen molar-refractivity contribution in [2.75, 3.05) is 24.3 Å². The molecule has 21 heavy (non-hydrogen) atoms. The quantitative estimate of drug-likeness (QED) is 0.885. The van der Waals surface area contributed by atoms with Crippen molar-refractivity contribution in [1.29, 1.82) is 0 Å². The second kappa shape index (κ2) is 6.79. The highest BCUT2D eigenvalue weighted by Crippen LogP contribution is 2.18. The van der Waals surface area contributed by atoms with Crippen LogP contribution in [0.1, 0.15) is 11.1 Å². The zero-order chi connectivity index (χ0) is 15.2. The third kappa shape index (κ3) is 3.99. The molecule has 0 fully saturated rings. The number of hydrogen-bond acceptors (Lipinski definition) is 3. The summed E-state index contributed by atoms with van der Waals surface area (Å²) in [5.74, 6) is 0.506. The van der Waals surface area contributed by atoms with Crippen LogP contribution in [-0.4, -0.2) is 19.6 Å². The summed E-state index contributed by atoms with van der Waals surface area (Å²) in [5.41, 5.74) is 4.05. The molecule has 0 radical (unpaired) electrons. The number of aryl methyl sites for hydroxylation is 1. The van der Waals surface area contributed by atoms with E-state index in [9.17, 15) is 4.79 Å². The van der Waals surface area contributed by atoms with Crippen molar-refractivity contribution in [1.82, 2.24) is 0 Å². The van der Waals surface area contributed by atoms with Gasteiger partial charge in [0.2, 0.25) is 0 Å². The molecule has 2 rings (SSSR count). The van der Waals surface area contributed by atoms with Gasteiger partial charge < -0.3 is 15.4 Å². The summed E-state index contributed by atoms with van der Waals surface area (Å²) in [7, 11) is 1.85. The van der Waals surface area contributed by atoms with Crippen LogP contribution in [0.3, 0.4) is 0 Å². The standard InChI is InChI=1S/C17H20N2O2/c1-12-5-4-6-16(13(12)2)19-17(20)11-21-15-9-7-14(18-3)8-10-15/h4-10,18H,11H2,1-3H3,(H,19,20). The van der Waals surface area contributed by atoms with Crippen LogP contribution < -0.4 is 15.4 Å². The lowest BCUT2D eigenvalue weighted by molar-refractivity contribution is -0.118. The summed E-state index contributed by atoms with van der Waals surface area (Å²) >= 11 is 0. The van der Waals surface area contributed by atoms with E-state index in [-0.39, 0.29) is 12.5 Å². The van der Waals surface area contributed by atoms with Crippen LogP contribution in [0.4, 0.5) is 11.4 Å². The highest BCUT2D eigenvalue weighted by atomic mass is 16.5. The van der Waals surface area contributed by atoms with Crippen molar-refractivity contribution in [2.45, 2.75) is 13.8 Å². The number of ether oxygens (including phenoxy) is 1. The molecule has 2 N–H and O–H groups in total. The Kier molecular flexibility index (Phi) is 4.82. The van der Waals surface area contributed by atoms with Gasteiger partial charge in [-0.1, -0.05) is 12.1 Å². The third-order valence-corrected chi connectivity index (χ3v) is 3.39. The van der Waals surface area contributed by atoms with E-state index >= 15 is 0 Å². The maximum atomic E-state index is 11.9. The van der Waals surface area contributed by atoms with Crippen molar-refractivity contribution in [3.8, 4) is 5.75 Å². The molecule has 0 aliphatic carbocycles. The number of nitrogens with one attached hydrogen (secondary N) is 2. The summed E-state index contributed by atoms with van der Waals surface area (Å²) in [6, 6.07) is 13.3. The van der Waals surface area contributed by atoms with Gasteiger partial charge in [-0.25, -0.2) is 0 Å². The van der Waals surface area contributed by atoms with Gasteiger partial charge in [0.15, 0.2) is 6.61 Å². The van der Waals surface area contributed by atoms with Crippen molar-refractivity contribution in [3.63, 3.8) is 0 Å². The fraction of sp³-hybridized carbons (Fsp3) is 0.235. The van der Waals surface area contributed by atoms with Crippen LogP contribution in [0.15, 0.2) is 42.5 Å². The first-order valence-corrected chi connectivity index (χ1v) is 6.87. The summed E-state index contributed by atoms with van der Waals surface area (Å²) < 4.78 is 5.47. The van der Waals surface area contributed by atoms with Crippen LogP contribution in [0.5, 0.6) is 5.75 Å². The molecule has 110 valence electrons. The van der Waals surface area contributed by atoms with Gasteiger partial charge in [0.25, 0.3) is 5.91 Å². The molecular formula is C17H20N2O2. The fourth-order valence-electron chi connectivity index (χ4n) is 1.94. The second-order valence-electron chi connectivity index (χ2n) is 4.86. The Morgan fingerprint density at radius 2 is 1.81 bits per heavy atom. The lowest BCUT2D eigenvalue weighted by Gasteiger charge is -2.11. The molecule has 0 spiro atoms. The predicted octanol–water partition coefficient (Wildman–Crippen LogP) is 3.36. The van der Waals surface area contributed by atoms with Gasteiger partial charge in [-0.3, -0.25) is 4.79 Å². The van der Waals surface area contributed by atoms with Gasteiger partial charge in [0.05, 0.1) is 0 Å². The second-order valence-corrected chi connectivity index (χ2v) is 4.86. The average Bonchev–Trinajstić information content (AvgIpc) is 2.50. The molecule has 0 aliphatic rings. The first kappa shape index (κ1) is 14.9. The zero-order valence-corrected chi connectivity index (χ0v) is 12.6. The van der Waals surface area contributed by atoms with Crippen LogP contribution in [0.2, 0.25) is 0 Å². The van der Waals surface area contributed by atoms with Gasteiger partial charge in [0, 0.05) is 18.4 Å². The molecular weight excluding hydrogens is 264 g/mol. The Morgan fingerprint density at radius 3 is 2.48 bits per heavy atom. The molecule has 2 aromatic rings. The Hall–Kier alpha value is -2.49. The minimum absolute atomic E-state index is 0.00766. The first-order chi connectivity index (χ1) is 10.1. The lowest BCUT2D eigenvalue weighted by atomic mass is 10.1. The molecule has 0 saturated heterocycles. The van der Waals surface area contributed by atoms with E-state index in [1.54, 1.807) is 0 Å². The number of benzene rings is 2. The summed E-state index contributed by atoms with van der Waals surface area (Å²) in [5, 5.41) is 5.90. The smallest absolute Gasteiger partial charge is 0.262 e. The maximum absolute atomic E-state index is 11.9. The predicted molar refractivity (Wildman–Crippen MR) is 86.0 cm³/mol. The molecule has 1 amide bonds. The Labute approximate surface area is 125 Å². The minimum Gasteiger partial charge on any atom is -0.484 e. The molecule has 0 heterocycles. The van der Waals surface area contributed by atoms with Crippen LogP contribution in [-0.2, 0) is 4.79 Å². The van der Waals surface area contributed by atoms with Gasteiger partial charge in [-0.2, -0.15) is 0 Å². The summed E-state index contributed by atoms with van der Waals surface area (Å²) in [6.45, 7) is 4.00. The monoisotopic (exact) mass is 284 g/mol. The Balaban J connectivity index is 1.91. The topological polar surface area (TPSA) is 50.4 Å². The largest absolute Gasteiger partial charge is 0.484 e. The van der Waals surface area contributed by atoms with Gasteiger partial charge >= 0.3 is 0 Å². The number of carbonyl (C=O) groups is 1. The normalized spacial score (nSPS) is 10.0. The lowest BCUT2D eigenvalue weighted by Crippen LogP contribution is -2.20. The molecule has 2 aromatic carbocycles.